The monoisotopic (exact) mass is 318 g/mol. The molecule has 0 bridgehead atoms. The van der Waals surface area contributed by atoms with Gasteiger partial charge in [0.1, 0.15) is 16.5 Å². The van der Waals surface area contributed by atoms with Crippen LogP contribution in [0.1, 0.15) is 38.5 Å². The Kier molecular flexibility index (Phi) is 4.32. The van der Waals surface area contributed by atoms with E-state index >= 15 is 0 Å². The molecule has 0 heterocycles. The molecule has 1 aliphatic rings. The van der Waals surface area contributed by atoms with Gasteiger partial charge in [-0.25, -0.2) is 17.2 Å². The van der Waals surface area contributed by atoms with Gasteiger partial charge in [-0.1, -0.05) is 25.7 Å². The first-order chi connectivity index (χ1) is 9.81. The van der Waals surface area contributed by atoms with Crippen LogP contribution in [-0.4, -0.2) is 24.2 Å². The van der Waals surface area contributed by atoms with Crippen LogP contribution in [-0.2, 0) is 14.6 Å². The molecule has 1 saturated carbocycles. The van der Waals surface area contributed by atoms with E-state index in [9.17, 15) is 27.1 Å². The Hall–Kier alpha value is -1.50. The Bertz CT molecular complexity index is 647. The summed E-state index contributed by atoms with van der Waals surface area (Å²) in [6, 6.07) is 2.06. The van der Waals surface area contributed by atoms with Crippen LogP contribution in [0.5, 0.6) is 0 Å². The van der Waals surface area contributed by atoms with E-state index in [1.807, 2.05) is 0 Å². The molecule has 21 heavy (non-hydrogen) atoms. The molecule has 0 radical (unpaired) electrons. The number of carboxylic acids is 1. The maximum Gasteiger partial charge on any atom is 0.325 e. The van der Waals surface area contributed by atoms with E-state index in [0.29, 0.717) is 25.0 Å². The lowest BCUT2D eigenvalue weighted by Gasteiger charge is -2.28. The number of carboxylic acid groups (broad SMARTS) is 1. The molecule has 4 nitrogen and oxygen atoms in total. The first-order valence-corrected chi connectivity index (χ1v) is 8.23. The van der Waals surface area contributed by atoms with Crippen LogP contribution >= 0.6 is 0 Å². The van der Waals surface area contributed by atoms with Gasteiger partial charge in [-0.05, 0) is 31.0 Å². The van der Waals surface area contributed by atoms with E-state index in [1.54, 1.807) is 0 Å². The average Bonchev–Trinajstić information content (AvgIpc) is 2.68. The summed E-state index contributed by atoms with van der Waals surface area (Å²) in [5.74, 6) is -3.53. The van der Waals surface area contributed by atoms with Crippen molar-refractivity contribution in [3.8, 4) is 0 Å². The van der Waals surface area contributed by atoms with E-state index < -0.39 is 37.1 Å². The molecule has 116 valence electrons. The molecule has 1 aromatic rings. The summed E-state index contributed by atoms with van der Waals surface area (Å²) in [4.78, 5) is 10.8. The minimum Gasteiger partial charge on any atom is -0.480 e. The molecule has 7 heteroatoms. The average molecular weight is 318 g/mol. The van der Waals surface area contributed by atoms with Gasteiger partial charge in [-0.3, -0.25) is 4.79 Å². The van der Waals surface area contributed by atoms with E-state index in [4.69, 9.17) is 0 Å². The zero-order valence-corrected chi connectivity index (χ0v) is 12.1. The minimum atomic E-state index is -4.51. The van der Waals surface area contributed by atoms with Crippen molar-refractivity contribution < 1.29 is 27.1 Å². The Morgan fingerprint density at radius 1 is 1.10 bits per heavy atom. The second-order valence-corrected chi connectivity index (χ2v) is 7.52. The second-order valence-electron chi connectivity index (χ2n) is 5.29. The lowest BCUT2D eigenvalue weighted by Crippen LogP contribution is -2.46. The van der Waals surface area contributed by atoms with Crippen molar-refractivity contribution in [1.29, 1.82) is 0 Å². The maximum absolute atomic E-state index is 13.8. The van der Waals surface area contributed by atoms with E-state index in [-0.39, 0.29) is 12.8 Å². The van der Waals surface area contributed by atoms with Gasteiger partial charge in [0.25, 0.3) is 0 Å². The van der Waals surface area contributed by atoms with Crippen molar-refractivity contribution in [2.24, 2.45) is 0 Å². The molecule has 1 N–H and O–H groups in total. The number of hydrogen-bond donors (Lipinski definition) is 1. The zero-order valence-electron chi connectivity index (χ0n) is 11.3. The topological polar surface area (TPSA) is 71.4 Å². The number of rotatable bonds is 3. The Morgan fingerprint density at radius 3 is 2.19 bits per heavy atom. The van der Waals surface area contributed by atoms with Crippen molar-refractivity contribution in [2.45, 2.75) is 48.2 Å². The van der Waals surface area contributed by atoms with Crippen molar-refractivity contribution >= 4 is 15.8 Å². The number of hydrogen-bond acceptors (Lipinski definition) is 3. The number of benzene rings is 1. The number of aliphatic carboxylic acids is 1. The second kappa shape index (κ2) is 5.71. The van der Waals surface area contributed by atoms with Crippen LogP contribution in [0, 0.1) is 11.6 Å². The van der Waals surface area contributed by atoms with E-state index in [2.05, 4.69) is 0 Å². The highest BCUT2D eigenvalue weighted by Gasteiger charge is 2.52. The number of sulfone groups is 1. The highest BCUT2D eigenvalue weighted by atomic mass is 32.2. The van der Waals surface area contributed by atoms with Gasteiger partial charge in [-0.15, -0.1) is 0 Å². The predicted octanol–water partition coefficient (Wildman–Crippen LogP) is 2.92. The fraction of sp³-hybridized carbons (Fsp3) is 0.500. The van der Waals surface area contributed by atoms with E-state index in [1.165, 1.54) is 0 Å². The summed E-state index contributed by atoms with van der Waals surface area (Å²) in [7, 11) is -4.51. The number of halogens is 2. The van der Waals surface area contributed by atoms with Gasteiger partial charge in [0.15, 0.2) is 14.6 Å². The molecule has 1 aromatic carbocycles. The maximum atomic E-state index is 13.8. The highest BCUT2D eigenvalue weighted by Crippen LogP contribution is 2.39. The fourth-order valence-electron chi connectivity index (χ4n) is 2.79. The Labute approximate surface area is 121 Å². The molecule has 0 aliphatic heterocycles. The normalized spacial score (nSPS) is 19.0. The van der Waals surface area contributed by atoms with Crippen LogP contribution in [0.25, 0.3) is 0 Å². The summed E-state index contributed by atoms with van der Waals surface area (Å²) in [6.45, 7) is 0. The molecule has 0 unspecified atom stereocenters. The molecule has 0 aromatic heterocycles. The fourth-order valence-corrected chi connectivity index (χ4v) is 4.86. The molecule has 1 fully saturated rings. The Morgan fingerprint density at radius 2 is 1.67 bits per heavy atom. The quantitative estimate of drug-likeness (QED) is 0.870. The third-order valence-electron chi connectivity index (χ3n) is 4.00. The summed E-state index contributed by atoms with van der Waals surface area (Å²) < 4.78 is 50.4. The lowest BCUT2D eigenvalue weighted by atomic mass is 9.99. The van der Waals surface area contributed by atoms with Gasteiger partial charge in [-0.2, -0.15) is 0 Å². The molecule has 0 atom stereocenters. The third-order valence-corrected chi connectivity index (χ3v) is 6.50. The molecular formula is C14H16F2O4S. The number of carbonyl (C=O) groups is 1. The molecule has 2 rings (SSSR count). The summed E-state index contributed by atoms with van der Waals surface area (Å²) in [6.07, 6.45) is 2.17. The van der Waals surface area contributed by atoms with Gasteiger partial charge < -0.3 is 5.11 Å². The minimum absolute atomic E-state index is 0.0827. The van der Waals surface area contributed by atoms with E-state index in [0.717, 1.165) is 18.9 Å². The molecular weight excluding hydrogens is 302 g/mol. The first-order valence-electron chi connectivity index (χ1n) is 6.74. The zero-order chi connectivity index (χ0) is 15.7. The predicted molar refractivity (Wildman–Crippen MR) is 71.6 cm³/mol. The van der Waals surface area contributed by atoms with Crippen molar-refractivity contribution in [2.75, 3.05) is 0 Å². The summed E-state index contributed by atoms with van der Waals surface area (Å²) in [5, 5.41) is 9.48. The van der Waals surface area contributed by atoms with Crippen molar-refractivity contribution in [3.05, 3.63) is 29.8 Å². The van der Waals surface area contributed by atoms with Gasteiger partial charge in [0.2, 0.25) is 0 Å². The largest absolute Gasteiger partial charge is 0.480 e. The summed E-state index contributed by atoms with van der Waals surface area (Å²) in [5.41, 5.74) is 0. The molecule has 1 aliphatic carbocycles. The van der Waals surface area contributed by atoms with Gasteiger partial charge in [0.05, 0.1) is 0 Å². The first kappa shape index (κ1) is 15.9. The van der Waals surface area contributed by atoms with Crippen molar-refractivity contribution in [1.82, 2.24) is 0 Å². The van der Waals surface area contributed by atoms with Gasteiger partial charge >= 0.3 is 5.97 Å². The molecule has 0 spiro atoms. The van der Waals surface area contributed by atoms with Crippen molar-refractivity contribution in [3.63, 3.8) is 0 Å². The summed E-state index contributed by atoms with van der Waals surface area (Å²) >= 11 is 0. The highest BCUT2D eigenvalue weighted by molar-refractivity contribution is 7.93. The standard InChI is InChI=1S/C14H16F2O4S/c15-10-5-6-11(16)12(9-10)21(19,20)14(13(17)18)7-3-1-2-4-8-14/h5-6,9H,1-4,7-8H2,(H,17,18). The van der Waals surface area contributed by atoms with Crippen LogP contribution < -0.4 is 0 Å². The third kappa shape index (κ3) is 2.66. The molecule has 0 amide bonds. The van der Waals surface area contributed by atoms with Crippen LogP contribution in [0.15, 0.2) is 23.1 Å². The smallest absolute Gasteiger partial charge is 0.325 e. The van der Waals surface area contributed by atoms with Gasteiger partial charge in [0, 0.05) is 0 Å². The van der Waals surface area contributed by atoms with Crippen LogP contribution in [0.2, 0.25) is 0 Å². The van der Waals surface area contributed by atoms with Crippen LogP contribution in [0.4, 0.5) is 8.78 Å². The van der Waals surface area contributed by atoms with Crippen LogP contribution in [0.3, 0.4) is 0 Å². The lowest BCUT2D eigenvalue weighted by molar-refractivity contribution is -0.140. The SMILES string of the molecule is O=C(O)C1(S(=O)(=O)c2cc(F)ccc2F)CCCCCC1. The molecule has 0 saturated heterocycles. The Balaban J connectivity index is 2.62.